The van der Waals surface area contributed by atoms with Gasteiger partial charge >= 0.3 is 0 Å². The molecule has 0 aliphatic carbocycles. The van der Waals surface area contributed by atoms with Crippen LogP contribution in [0.1, 0.15) is 33.1 Å². The van der Waals surface area contributed by atoms with Gasteiger partial charge in [-0.2, -0.15) is 5.10 Å². The summed E-state index contributed by atoms with van der Waals surface area (Å²) in [7, 11) is 0. The Hall–Kier alpha value is -1.43. The highest BCUT2D eigenvalue weighted by atomic mass is 19.1. The minimum Gasteiger partial charge on any atom is -0.377 e. The van der Waals surface area contributed by atoms with Gasteiger partial charge in [0.25, 0.3) is 0 Å². The first-order valence-corrected chi connectivity index (χ1v) is 8.14. The highest BCUT2D eigenvalue weighted by Gasteiger charge is 2.41. The smallest absolute Gasteiger partial charge is 0.142 e. The Bertz CT molecular complexity index is 477. The molecule has 3 heterocycles. The lowest BCUT2D eigenvalue weighted by Gasteiger charge is -2.42. The van der Waals surface area contributed by atoms with Crippen LogP contribution in [0, 0.1) is 0 Å². The molecule has 0 radical (unpaired) electrons. The second-order valence-electron chi connectivity index (χ2n) is 6.32. The van der Waals surface area contributed by atoms with Crippen molar-refractivity contribution in [1.29, 1.82) is 0 Å². The monoisotopic (exact) mass is 308 g/mol. The van der Waals surface area contributed by atoms with E-state index in [1.54, 1.807) is 5.01 Å². The first kappa shape index (κ1) is 15.5. The molecule has 0 aromatic rings. The molecule has 0 N–H and O–H groups in total. The minimum absolute atomic E-state index is 0.210. The molecule has 122 valence electrons. The third-order valence-electron chi connectivity index (χ3n) is 4.83. The fourth-order valence-corrected chi connectivity index (χ4v) is 3.71. The number of morpholine rings is 1. The molecule has 3 aliphatic heterocycles. The second-order valence-corrected chi connectivity index (χ2v) is 6.32. The van der Waals surface area contributed by atoms with Crippen molar-refractivity contribution in [2.75, 3.05) is 19.8 Å². The maximum Gasteiger partial charge on any atom is 0.142 e. The number of alkyl halides is 1. The van der Waals surface area contributed by atoms with E-state index < -0.39 is 6.17 Å². The van der Waals surface area contributed by atoms with E-state index in [0.717, 1.165) is 37.6 Å². The van der Waals surface area contributed by atoms with Gasteiger partial charge in [-0.15, -0.1) is 0 Å². The van der Waals surface area contributed by atoms with Gasteiger partial charge < -0.3 is 9.64 Å². The van der Waals surface area contributed by atoms with Crippen LogP contribution in [0.4, 0.5) is 4.39 Å². The molecule has 2 fully saturated rings. The molecule has 4 atom stereocenters. The Balaban J connectivity index is 1.96. The summed E-state index contributed by atoms with van der Waals surface area (Å²) < 4.78 is 20.2. The third kappa shape index (κ3) is 2.76. The maximum absolute atomic E-state index is 14.5. The van der Waals surface area contributed by atoms with Gasteiger partial charge in [0, 0.05) is 18.5 Å². The first-order valence-electron chi connectivity index (χ1n) is 8.14. The van der Waals surface area contributed by atoms with Crippen LogP contribution in [0.5, 0.6) is 0 Å². The standard InChI is InChI=1S/C16H25FN4O/c1-4-15-14(17)8-20(18-3)16(7-11(2)19-15)21-12-5-6-13(21)10-22-9-12/h7,12-15H,3-6,8-10H2,1-2H3/b16-7+,19-11-/t12-,13?,14+,15?/m1/s1. The van der Waals surface area contributed by atoms with E-state index in [2.05, 4.69) is 21.7 Å². The number of ether oxygens (including phenoxy) is 1. The predicted octanol–water partition coefficient (Wildman–Crippen LogP) is 2.20. The van der Waals surface area contributed by atoms with Crippen LogP contribution in [-0.4, -0.2) is 66.4 Å². The Kier molecular flexibility index (Phi) is 4.47. The van der Waals surface area contributed by atoms with Crippen LogP contribution in [-0.2, 0) is 4.74 Å². The molecule has 0 aromatic carbocycles. The van der Waals surface area contributed by atoms with Crippen LogP contribution in [0.2, 0.25) is 0 Å². The Morgan fingerprint density at radius 3 is 2.68 bits per heavy atom. The van der Waals surface area contributed by atoms with Crippen molar-refractivity contribution >= 4 is 12.4 Å². The zero-order valence-corrected chi connectivity index (χ0v) is 13.4. The highest BCUT2D eigenvalue weighted by Crippen LogP contribution is 2.34. The molecule has 3 aliphatic rings. The number of hydrogen-bond acceptors (Lipinski definition) is 5. The molecule has 22 heavy (non-hydrogen) atoms. The van der Waals surface area contributed by atoms with Gasteiger partial charge in [-0.1, -0.05) is 6.92 Å². The van der Waals surface area contributed by atoms with E-state index in [9.17, 15) is 4.39 Å². The molecule has 5 nitrogen and oxygen atoms in total. The summed E-state index contributed by atoms with van der Waals surface area (Å²) in [4.78, 5) is 6.88. The van der Waals surface area contributed by atoms with Crippen LogP contribution < -0.4 is 0 Å². The van der Waals surface area contributed by atoms with Crippen LogP contribution in [0.15, 0.2) is 22.0 Å². The lowest BCUT2D eigenvalue weighted by molar-refractivity contribution is -0.0142. The van der Waals surface area contributed by atoms with Crippen molar-refractivity contribution in [3.8, 4) is 0 Å². The first-order chi connectivity index (χ1) is 10.6. The summed E-state index contributed by atoms with van der Waals surface area (Å²) in [5.74, 6) is 0.921. The highest BCUT2D eigenvalue weighted by molar-refractivity contribution is 5.93. The topological polar surface area (TPSA) is 40.4 Å². The van der Waals surface area contributed by atoms with Gasteiger partial charge in [-0.25, -0.2) is 9.40 Å². The third-order valence-corrected chi connectivity index (χ3v) is 4.83. The number of aliphatic imine (C=N–C) groups is 1. The van der Waals surface area contributed by atoms with Gasteiger partial charge in [0.2, 0.25) is 0 Å². The van der Waals surface area contributed by atoms with Crippen molar-refractivity contribution in [3.63, 3.8) is 0 Å². The maximum atomic E-state index is 14.5. The van der Waals surface area contributed by atoms with E-state index >= 15 is 0 Å². The van der Waals surface area contributed by atoms with Crippen molar-refractivity contribution in [2.45, 2.75) is 57.4 Å². The molecule has 0 amide bonds. The quantitative estimate of drug-likeness (QED) is 0.751. The second kappa shape index (κ2) is 6.36. The van der Waals surface area contributed by atoms with E-state index in [0.29, 0.717) is 18.5 Å². The molecule has 2 saturated heterocycles. The van der Waals surface area contributed by atoms with E-state index in [1.807, 2.05) is 19.9 Å². The largest absolute Gasteiger partial charge is 0.377 e. The van der Waals surface area contributed by atoms with Crippen LogP contribution >= 0.6 is 0 Å². The summed E-state index contributed by atoms with van der Waals surface area (Å²) in [6.07, 6.45) is 3.91. The predicted molar refractivity (Wildman–Crippen MR) is 85.9 cm³/mol. The average molecular weight is 308 g/mol. The van der Waals surface area contributed by atoms with Gasteiger partial charge in [0.15, 0.2) is 0 Å². The fraction of sp³-hybridized carbons (Fsp3) is 0.750. The minimum atomic E-state index is -1.03. The van der Waals surface area contributed by atoms with Crippen molar-refractivity contribution < 1.29 is 9.13 Å². The van der Waals surface area contributed by atoms with Gasteiger partial charge in [-0.05, 0) is 26.2 Å². The molecule has 2 unspecified atom stereocenters. The lowest BCUT2D eigenvalue weighted by atomic mass is 10.1. The number of hydrogen-bond donors (Lipinski definition) is 0. The van der Waals surface area contributed by atoms with Gasteiger partial charge in [-0.3, -0.25) is 4.99 Å². The van der Waals surface area contributed by atoms with E-state index in [1.165, 1.54) is 0 Å². The molecule has 3 rings (SSSR count). The number of halogens is 1. The Morgan fingerprint density at radius 1 is 1.41 bits per heavy atom. The van der Waals surface area contributed by atoms with Crippen LogP contribution in [0.25, 0.3) is 0 Å². The number of hydrazone groups is 1. The Morgan fingerprint density at radius 2 is 2.09 bits per heavy atom. The molecule has 0 aromatic heterocycles. The lowest BCUT2D eigenvalue weighted by Crippen LogP contribution is -2.50. The number of allylic oxidation sites excluding steroid dienone is 1. The van der Waals surface area contributed by atoms with Crippen LogP contribution in [0.3, 0.4) is 0 Å². The molecular weight excluding hydrogens is 283 g/mol. The summed E-state index contributed by atoms with van der Waals surface area (Å²) in [5, 5.41) is 5.80. The van der Waals surface area contributed by atoms with E-state index in [-0.39, 0.29) is 12.6 Å². The molecule has 6 heteroatoms. The van der Waals surface area contributed by atoms with Crippen molar-refractivity contribution in [3.05, 3.63) is 11.9 Å². The average Bonchev–Trinajstić information content (AvgIpc) is 2.75. The zero-order valence-electron chi connectivity index (χ0n) is 13.4. The summed E-state index contributed by atoms with van der Waals surface area (Å²) >= 11 is 0. The number of nitrogens with zero attached hydrogens (tertiary/aromatic N) is 4. The molecule has 0 saturated carbocycles. The van der Waals surface area contributed by atoms with Crippen molar-refractivity contribution in [1.82, 2.24) is 9.91 Å². The normalized spacial score (nSPS) is 40.3. The molecular formula is C16H25FN4O. The van der Waals surface area contributed by atoms with Gasteiger partial charge in [0.1, 0.15) is 12.0 Å². The SMILES string of the molecule is C=NN1C[C@H](F)C(CC)/N=C(C)\C=C/1N1C2CC[C@@H]1COC2. The van der Waals surface area contributed by atoms with E-state index in [4.69, 9.17) is 4.74 Å². The Labute approximate surface area is 131 Å². The molecule has 0 spiro atoms. The molecule has 2 bridgehead atoms. The zero-order chi connectivity index (χ0) is 15.7. The fourth-order valence-electron chi connectivity index (χ4n) is 3.71. The van der Waals surface area contributed by atoms with Crippen molar-refractivity contribution in [2.24, 2.45) is 10.1 Å². The summed E-state index contributed by atoms with van der Waals surface area (Å²) in [6, 6.07) is 0.395. The van der Waals surface area contributed by atoms with Gasteiger partial charge in [0.05, 0.1) is 37.9 Å². The summed E-state index contributed by atoms with van der Waals surface area (Å²) in [6.45, 7) is 9.22. The number of fused-ring (bicyclic) bond motifs is 2. The number of rotatable bonds is 3. The summed E-state index contributed by atoms with van der Waals surface area (Å²) in [5.41, 5.74) is 0.851.